The molecule has 0 atom stereocenters. The molecule has 27 heavy (non-hydrogen) atoms. The Balaban J connectivity index is 2.44. The summed E-state index contributed by atoms with van der Waals surface area (Å²) in [6.07, 6.45) is 9.20. The number of nitrogens with zero attached hydrogens (tertiary/aromatic N) is 5. The SMILES string of the molecule is C#CCn1c(C)c(-c2ncc(F)c(Cl)n2)c(=O)n(-c2cncc(C)c2)c1=O. The predicted octanol–water partition coefficient (Wildman–Crippen LogP) is 1.89. The fourth-order valence-electron chi connectivity index (χ4n) is 2.64. The molecule has 0 amide bonds. The second kappa shape index (κ2) is 7.13. The van der Waals surface area contributed by atoms with Crippen LogP contribution in [0.5, 0.6) is 0 Å². The Bertz CT molecular complexity index is 1210. The van der Waals surface area contributed by atoms with Gasteiger partial charge in [0.1, 0.15) is 5.56 Å². The normalized spacial score (nSPS) is 10.6. The highest BCUT2D eigenvalue weighted by Gasteiger charge is 2.21. The van der Waals surface area contributed by atoms with Gasteiger partial charge in [0, 0.05) is 11.9 Å². The van der Waals surface area contributed by atoms with Gasteiger partial charge in [0.2, 0.25) is 0 Å². The molecule has 136 valence electrons. The maximum Gasteiger partial charge on any atom is 0.336 e. The number of hydrogen-bond donors (Lipinski definition) is 0. The van der Waals surface area contributed by atoms with Gasteiger partial charge in [-0.15, -0.1) is 6.42 Å². The molecule has 0 bridgehead atoms. The van der Waals surface area contributed by atoms with Crippen molar-refractivity contribution in [3.05, 3.63) is 67.7 Å². The van der Waals surface area contributed by atoms with E-state index < -0.39 is 22.2 Å². The van der Waals surface area contributed by atoms with Crippen molar-refractivity contribution in [1.29, 1.82) is 0 Å². The van der Waals surface area contributed by atoms with Crippen molar-refractivity contribution in [2.24, 2.45) is 0 Å². The third kappa shape index (κ3) is 3.25. The molecule has 0 aliphatic rings. The Morgan fingerprint density at radius 1 is 1.26 bits per heavy atom. The van der Waals surface area contributed by atoms with Crippen LogP contribution in [0.2, 0.25) is 5.15 Å². The Morgan fingerprint density at radius 2 is 2.00 bits per heavy atom. The van der Waals surface area contributed by atoms with Crippen LogP contribution in [0.1, 0.15) is 11.3 Å². The fraction of sp³-hybridized carbons (Fsp3) is 0.167. The number of rotatable bonds is 3. The van der Waals surface area contributed by atoms with Crippen LogP contribution in [0.4, 0.5) is 4.39 Å². The van der Waals surface area contributed by atoms with E-state index in [4.69, 9.17) is 18.0 Å². The minimum Gasteiger partial charge on any atom is -0.285 e. The molecule has 0 fully saturated rings. The van der Waals surface area contributed by atoms with Gasteiger partial charge in [0.15, 0.2) is 16.8 Å². The molecule has 0 spiro atoms. The van der Waals surface area contributed by atoms with Gasteiger partial charge >= 0.3 is 5.69 Å². The Kier molecular flexibility index (Phi) is 4.88. The first-order valence-corrected chi connectivity index (χ1v) is 8.13. The van der Waals surface area contributed by atoms with Gasteiger partial charge in [-0.25, -0.2) is 23.7 Å². The second-order valence-electron chi connectivity index (χ2n) is 5.73. The lowest BCUT2D eigenvalue weighted by Gasteiger charge is -2.15. The largest absolute Gasteiger partial charge is 0.336 e. The quantitative estimate of drug-likeness (QED) is 0.508. The first kappa shape index (κ1) is 18.5. The van der Waals surface area contributed by atoms with E-state index in [2.05, 4.69) is 20.9 Å². The summed E-state index contributed by atoms with van der Waals surface area (Å²) in [6.45, 7) is 3.24. The van der Waals surface area contributed by atoms with Crippen molar-refractivity contribution in [3.63, 3.8) is 0 Å². The first-order valence-electron chi connectivity index (χ1n) is 7.75. The predicted molar refractivity (Wildman–Crippen MR) is 98.4 cm³/mol. The zero-order valence-electron chi connectivity index (χ0n) is 14.4. The minimum atomic E-state index is -0.821. The van der Waals surface area contributed by atoms with Crippen LogP contribution in [-0.4, -0.2) is 24.1 Å². The molecule has 0 unspecified atom stereocenters. The highest BCUT2D eigenvalue weighted by Crippen LogP contribution is 2.19. The van der Waals surface area contributed by atoms with Crippen molar-refractivity contribution >= 4 is 11.6 Å². The number of pyridine rings is 1. The molecule has 3 aromatic rings. The van der Waals surface area contributed by atoms with E-state index in [1.807, 2.05) is 0 Å². The minimum absolute atomic E-state index is 0.00624. The second-order valence-corrected chi connectivity index (χ2v) is 6.08. The lowest BCUT2D eigenvalue weighted by Crippen LogP contribution is -2.41. The van der Waals surface area contributed by atoms with E-state index in [0.29, 0.717) is 0 Å². The van der Waals surface area contributed by atoms with Crippen molar-refractivity contribution in [3.8, 4) is 29.4 Å². The Morgan fingerprint density at radius 3 is 2.63 bits per heavy atom. The van der Waals surface area contributed by atoms with Crippen molar-refractivity contribution in [1.82, 2.24) is 24.1 Å². The number of hydrogen-bond acceptors (Lipinski definition) is 5. The van der Waals surface area contributed by atoms with Crippen LogP contribution in [0.15, 0.2) is 34.2 Å². The summed E-state index contributed by atoms with van der Waals surface area (Å²) in [5, 5.41) is -0.433. The van der Waals surface area contributed by atoms with Crippen molar-refractivity contribution in [2.75, 3.05) is 0 Å². The first-order chi connectivity index (χ1) is 12.8. The van der Waals surface area contributed by atoms with Crippen LogP contribution in [0.3, 0.4) is 0 Å². The summed E-state index contributed by atoms with van der Waals surface area (Å²) in [6, 6.07) is 1.63. The lowest BCUT2D eigenvalue weighted by molar-refractivity contribution is 0.614. The number of aryl methyl sites for hydroxylation is 1. The Labute approximate surface area is 158 Å². The van der Waals surface area contributed by atoms with Crippen molar-refractivity contribution < 1.29 is 4.39 Å². The van der Waals surface area contributed by atoms with Crippen molar-refractivity contribution in [2.45, 2.75) is 20.4 Å². The van der Waals surface area contributed by atoms with E-state index in [1.165, 1.54) is 17.7 Å². The summed E-state index contributed by atoms with van der Waals surface area (Å²) in [4.78, 5) is 37.7. The zero-order chi connectivity index (χ0) is 19.7. The maximum atomic E-state index is 13.4. The standard InChI is InChI=1S/C18H13ClFN5O2/c1-4-5-24-11(3)14(16-22-9-13(20)15(19)23-16)17(26)25(18(24)27)12-6-10(2)7-21-8-12/h1,6-9H,5H2,2-3H3. The van der Waals surface area contributed by atoms with Gasteiger partial charge in [-0.2, -0.15) is 0 Å². The lowest BCUT2D eigenvalue weighted by atomic mass is 10.2. The van der Waals surface area contributed by atoms with Gasteiger partial charge in [-0.1, -0.05) is 17.5 Å². The van der Waals surface area contributed by atoms with Crippen LogP contribution in [0, 0.1) is 32.0 Å². The molecular formula is C18H13ClFN5O2. The molecule has 0 N–H and O–H groups in total. The molecule has 3 aromatic heterocycles. The van der Waals surface area contributed by atoms with Crippen LogP contribution >= 0.6 is 11.6 Å². The molecule has 0 saturated carbocycles. The molecule has 3 rings (SSSR count). The summed E-state index contributed by atoms with van der Waals surface area (Å²) in [5.41, 5.74) is -0.0351. The molecule has 0 saturated heterocycles. The van der Waals surface area contributed by atoms with Gasteiger partial charge in [-0.05, 0) is 25.5 Å². The summed E-state index contributed by atoms with van der Waals surface area (Å²) < 4.78 is 15.6. The third-order valence-electron chi connectivity index (χ3n) is 3.90. The highest BCUT2D eigenvalue weighted by atomic mass is 35.5. The summed E-state index contributed by atoms with van der Waals surface area (Å²) in [5.74, 6) is 1.45. The van der Waals surface area contributed by atoms with Gasteiger partial charge < -0.3 is 0 Å². The highest BCUT2D eigenvalue weighted by molar-refractivity contribution is 6.29. The molecule has 0 aliphatic carbocycles. The number of terminal acetylenes is 1. The third-order valence-corrected chi connectivity index (χ3v) is 4.16. The molecule has 7 nitrogen and oxygen atoms in total. The van der Waals surface area contributed by atoms with Crippen LogP contribution in [-0.2, 0) is 6.54 Å². The van der Waals surface area contributed by atoms with Crippen LogP contribution in [0.25, 0.3) is 17.1 Å². The average Bonchev–Trinajstić information content (AvgIpc) is 2.62. The molecule has 3 heterocycles. The topological polar surface area (TPSA) is 82.7 Å². The van der Waals surface area contributed by atoms with E-state index in [0.717, 1.165) is 16.3 Å². The molecule has 0 aromatic carbocycles. The van der Waals surface area contributed by atoms with E-state index in [9.17, 15) is 14.0 Å². The monoisotopic (exact) mass is 385 g/mol. The van der Waals surface area contributed by atoms with E-state index in [1.54, 1.807) is 19.2 Å². The summed E-state index contributed by atoms with van der Waals surface area (Å²) in [7, 11) is 0. The smallest absolute Gasteiger partial charge is 0.285 e. The van der Waals surface area contributed by atoms with E-state index >= 15 is 0 Å². The van der Waals surface area contributed by atoms with E-state index in [-0.39, 0.29) is 29.3 Å². The van der Waals surface area contributed by atoms with Gasteiger partial charge in [-0.3, -0.25) is 14.3 Å². The summed E-state index contributed by atoms with van der Waals surface area (Å²) >= 11 is 5.73. The maximum absolute atomic E-state index is 13.4. The zero-order valence-corrected chi connectivity index (χ0v) is 15.2. The Hall–Kier alpha value is -3.31. The molecule has 9 heteroatoms. The van der Waals surface area contributed by atoms with Crippen LogP contribution < -0.4 is 11.2 Å². The van der Waals surface area contributed by atoms with Gasteiger partial charge in [0.05, 0.1) is 24.6 Å². The molecule has 0 radical (unpaired) electrons. The molecule has 0 aliphatic heterocycles. The average molecular weight is 386 g/mol. The fourth-order valence-corrected chi connectivity index (χ4v) is 2.77. The number of halogens is 2. The van der Waals surface area contributed by atoms with Gasteiger partial charge in [0.25, 0.3) is 5.56 Å². The molecular weight excluding hydrogens is 373 g/mol. The number of aromatic nitrogens is 5.